The van der Waals surface area contributed by atoms with Gasteiger partial charge in [0.05, 0.1) is 5.02 Å². The van der Waals surface area contributed by atoms with Crippen LogP contribution in [-0.4, -0.2) is 31.3 Å². The van der Waals surface area contributed by atoms with Crippen molar-refractivity contribution in [2.75, 3.05) is 0 Å². The molecule has 1 N–H and O–H groups in total. The molecule has 0 spiro atoms. The Morgan fingerprint density at radius 2 is 2.26 bits per heavy atom. The molecule has 0 aliphatic rings. The summed E-state index contributed by atoms with van der Waals surface area (Å²) in [5, 5.41) is 20.6. The second-order valence-electron chi connectivity index (χ2n) is 3.85. The van der Waals surface area contributed by atoms with Crippen LogP contribution in [0.5, 0.6) is 0 Å². The number of carboxylic acids is 1. The predicted octanol–water partition coefficient (Wildman–Crippen LogP) is 2.62. The van der Waals surface area contributed by atoms with Gasteiger partial charge in [-0.15, -0.1) is 5.10 Å². The van der Waals surface area contributed by atoms with Crippen LogP contribution in [0.2, 0.25) is 5.02 Å². The summed E-state index contributed by atoms with van der Waals surface area (Å²) in [6, 6.07) is 5.39. The van der Waals surface area contributed by atoms with E-state index >= 15 is 0 Å². The van der Waals surface area contributed by atoms with Crippen molar-refractivity contribution in [2.24, 2.45) is 0 Å². The van der Waals surface area contributed by atoms with Gasteiger partial charge in [-0.05, 0) is 35.0 Å². The second kappa shape index (κ2) is 6.12. The maximum atomic E-state index is 10.5. The van der Waals surface area contributed by atoms with Crippen molar-refractivity contribution in [3.8, 4) is 11.4 Å². The lowest BCUT2D eigenvalue weighted by Gasteiger charge is -2.06. The zero-order valence-electron chi connectivity index (χ0n) is 9.75. The highest BCUT2D eigenvalue weighted by molar-refractivity contribution is 9.10. The predicted molar refractivity (Wildman–Crippen MR) is 72.8 cm³/mol. The van der Waals surface area contributed by atoms with Crippen LogP contribution in [0.4, 0.5) is 0 Å². The summed E-state index contributed by atoms with van der Waals surface area (Å²) in [4.78, 5) is 10.5. The number of carbonyl (C=O) groups is 1. The molecule has 0 bridgehead atoms. The summed E-state index contributed by atoms with van der Waals surface area (Å²) in [5.41, 5.74) is 0.705. The van der Waals surface area contributed by atoms with Gasteiger partial charge in [0.1, 0.15) is 0 Å². The van der Waals surface area contributed by atoms with Crippen molar-refractivity contribution < 1.29 is 9.90 Å². The summed E-state index contributed by atoms with van der Waals surface area (Å²) >= 11 is 9.48. The number of halogens is 2. The highest BCUT2D eigenvalue weighted by atomic mass is 79.9. The fourth-order valence-corrected chi connectivity index (χ4v) is 2.16. The fraction of sp³-hybridized carbons (Fsp3) is 0.273. The third-order valence-electron chi connectivity index (χ3n) is 2.46. The number of carboxylic acid groups (broad SMARTS) is 1. The van der Waals surface area contributed by atoms with Crippen LogP contribution in [0.1, 0.15) is 12.8 Å². The average molecular weight is 346 g/mol. The van der Waals surface area contributed by atoms with Crippen molar-refractivity contribution in [2.45, 2.75) is 19.4 Å². The van der Waals surface area contributed by atoms with Gasteiger partial charge in [-0.25, -0.2) is 4.68 Å². The van der Waals surface area contributed by atoms with Crippen molar-refractivity contribution in [1.82, 2.24) is 20.2 Å². The normalized spacial score (nSPS) is 10.6. The van der Waals surface area contributed by atoms with E-state index in [0.717, 1.165) is 4.47 Å². The molecule has 0 atom stereocenters. The van der Waals surface area contributed by atoms with Crippen LogP contribution in [0, 0.1) is 0 Å². The first-order chi connectivity index (χ1) is 9.08. The van der Waals surface area contributed by atoms with Crippen LogP contribution in [0.25, 0.3) is 11.4 Å². The summed E-state index contributed by atoms with van der Waals surface area (Å²) in [7, 11) is 0. The molecule has 0 radical (unpaired) electrons. The molecule has 1 aromatic carbocycles. The smallest absolute Gasteiger partial charge is 0.303 e. The third-order valence-corrected chi connectivity index (χ3v) is 3.28. The maximum absolute atomic E-state index is 10.5. The molecular formula is C11H10BrClN4O2. The Hall–Kier alpha value is -1.47. The molecule has 0 aliphatic heterocycles. The van der Waals surface area contributed by atoms with Gasteiger partial charge in [0.15, 0.2) is 5.82 Å². The topological polar surface area (TPSA) is 80.9 Å². The van der Waals surface area contributed by atoms with Crippen LogP contribution in [0.15, 0.2) is 22.7 Å². The van der Waals surface area contributed by atoms with E-state index in [2.05, 4.69) is 31.5 Å². The van der Waals surface area contributed by atoms with Gasteiger partial charge in [0, 0.05) is 23.0 Å². The standard InChI is InChI=1S/C11H10BrClN4O2/c12-7-3-4-9(13)8(6-7)11-14-15-16-17(11)5-1-2-10(18)19/h3-4,6H,1-2,5H2,(H,18,19). The van der Waals surface area contributed by atoms with E-state index in [1.165, 1.54) is 0 Å². The van der Waals surface area contributed by atoms with Crippen LogP contribution < -0.4 is 0 Å². The molecule has 0 fully saturated rings. The van der Waals surface area contributed by atoms with E-state index in [-0.39, 0.29) is 6.42 Å². The first-order valence-corrected chi connectivity index (χ1v) is 6.68. The Bertz CT molecular complexity index is 602. The van der Waals surface area contributed by atoms with E-state index in [1.807, 2.05) is 12.1 Å². The van der Waals surface area contributed by atoms with Gasteiger partial charge < -0.3 is 5.11 Å². The third kappa shape index (κ3) is 3.51. The molecule has 1 heterocycles. The number of hydrogen-bond acceptors (Lipinski definition) is 4. The SMILES string of the molecule is O=C(O)CCCn1nnnc1-c1cc(Br)ccc1Cl. The number of aromatic nitrogens is 4. The number of benzene rings is 1. The molecule has 0 aliphatic carbocycles. The molecule has 100 valence electrons. The molecule has 6 nitrogen and oxygen atoms in total. The lowest BCUT2D eigenvalue weighted by Crippen LogP contribution is -2.05. The van der Waals surface area contributed by atoms with Gasteiger partial charge in [-0.2, -0.15) is 0 Å². The quantitative estimate of drug-likeness (QED) is 0.901. The number of rotatable bonds is 5. The van der Waals surface area contributed by atoms with Gasteiger partial charge in [0.25, 0.3) is 0 Å². The number of tetrazole rings is 1. The van der Waals surface area contributed by atoms with Crippen molar-refractivity contribution in [3.63, 3.8) is 0 Å². The Balaban J connectivity index is 2.23. The molecule has 1 aromatic heterocycles. The van der Waals surface area contributed by atoms with Crippen molar-refractivity contribution in [1.29, 1.82) is 0 Å². The molecule has 0 amide bonds. The first kappa shape index (κ1) is 14.0. The molecular weight excluding hydrogens is 336 g/mol. The lowest BCUT2D eigenvalue weighted by atomic mass is 10.2. The fourth-order valence-electron chi connectivity index (χ4n) is 1.60. The summed E-state index contributed by atoms with van der Waals surface area (Å²) < 4.78 is 2.42. The second-order valence-corrected chi connectivity index (χ2v) is 5.17. The van der Waals surface area contributed by atoms with E-state index in [1.54, 1.807) is 10.7 Å². The van der Waals surface area contributed by atoms with Crippen LogP contribution in [0.3, 0.4) is 0 Å². The van der Waals surface area contributed by atoms with Gasteiger partial charge >= 0.3 is 5.97 Å². The van der Waals surface area contributed by atoms with E-state index in [9.17, 15) is 4.79 Å². The average Bonchev–Trinajstić information content (AvgIpc) is 2.80. The zero-order chi connectivity index (χ0) is 13.8. The minimum Gasteiger partial charge on any atom is -0.481 e. The number of aryl methyl sites for hydroxylation is 1. The van der Waals surface area contributed by atoms with Crippen molar-refractivity contribution >= 4 is 33.5 Å². The maximum Gasteiger partial charge on any atom is 0.303 e. The molecule has 8 heteroatoms. The highest BCUT2D eigenvalue weighted by Gasteiger charge is 2.13. The first-order valence-electron chi connectivity index (χ1n) is 5.51. The van der Waals surface area contributed by atoms with E-state index < -0.39 is 5.97 Å². The van der Waals surface area contributed by atoms with Crippen molar-refractivity contribution in [3.05, 3.63) is 27.7 Å². The molecule has 0 unspecified atom stereocenters. The van der Waals surface area contributed by atoms with E-state index in [4.69, 9.17) is 16.7 Å². The lowest BCUT2D eigenvalue weighted by molar-refractivity contribution is -0.137. The summed E-state index contributed by atoms with van der Waals surface area (Å²) in [6.07, 6.45) is 0.532. The molecule has 2 rings (SSSR count). The molecule has 19 heavy (non-hydrogen) atoms. The Labute approximate surface area is 122 Å². The monoisotopic (exact) mass is 344 g/mol. The number of aliphatic carboxylic acids is 1. The minimum absolute atomic E-state index is 0.0749. The van der Waals surface area contributed by atoms with Gasteiger partial charge in [-0.1, -0.05) is 27.5 Å². The molecule has 0 saturated heterocycles. The Morgan fingerprint density at radius 1 is 1.47 bits per heavy atom. The summed E-state index contributed by atoms with van der Waals surface area (Å²) in [6.45, 7) is 0.428. The van der Waals surface area contributed by atoms with Crippen LogP contribution >= 0.6 is 27.5 Å². The Kier molecular flexibility index (Phi) is 4.49. The van der Waals surface area contributed by atoms with Crippen LogP contribution in [-0.2, 0) is 11.3 Å². The van der Waals surface area contributed by atoms with Gasteiger partial charge in [-0.3, -0.25) is 4.79 Å². The number of nitrogens with zero attached hydrogens (tertiary/aromatic N) is 4. The zero-order valence-corrected chi connectivity index (χ0v) is 12.1. The number of hydrogen-bond donors (Lipinski definition) is 1. The Morgan fingerprint density at radius 3 is 3.00 bits per heavy atom. The van der Waals surface area contributed by atoms with Gasteiger partial charge in [0.2, 0.25) is 0 Å². The minimum atomic E-state index is -0.838. The largest absolute Gasteiger partial charge is 0.481 e. The van der Waals surface area contributed by atoms with E-state index in [0.29, 0.717) is 29.4 Å². The molecule has 0 saturated carbocycles. The summed E-state index contributed by atoms with van der Waals surface area (Å²) in [5.74, 6) is -0.313. The molecule has 2 aromatic rings. The highest BCUT2D eigenvalue weighted by Crippen LogP contribution is 2.28.